The second-order valence-electron chi connectivity index (χ2n) is 3.63. The van der Waals surface area contributed by atoms with Crippen LogP contribution in [0.15, 0.2) is 4.52 Å². The first-order valence-electron chi connectivity index (χ1n) is 5.03. The van der Waals surface area contributed by atoms with E-state index >= 15 is 0 Å². The summed E-state index contributed by atoms with van der Waals surface area (Å²) in [6.45, 7) is 3.89. The molecule has 6 heteroatoms. The average Bonchev–Trinajstić information content (AvgIpc) is 2.48. The summed E-state index contributed by atoms with van der Waals surface area (Å²) in [5.41, 5.74) is 0. The molecule has 2 rings (SSSR count). The number of carbonyl (C=O) groups is 1. The topological polar surface area (TPSA) is 80.0 Å². The molecule has 1 aromatic heterocycles. The number of aromatic nitrogens is 2. The first-order valence-corrected chi connectivity index (χ1v) is 5.03. The van der Waals surface area contributed by atoms with Gasteiger partial charge in [-0.15, -0.1) is 0 Å². The lowest BCUT2D eigenvalue weighted by molar-refractivity contribution is -0.126. The summed E-state index contributed by atoms with van der Waals surface area (Å²) in [4.78, 5) is 15.4. The van der Waals surface area contributed by atoms with Crippen molar-refractivity contribution < 1.29 is 9.32 Å². The van der Waals surface area contributed by atoms with Gasteiger partial charge in [-0.1, -0.05) is 5.16 Å². The van der Waals surface area contributed by atoms with Gasteiger partial charge in [0.25, 0.3) is 0 Å². The third-order valence-corrected chi connectivity index (χ3v) is 2.36. The molecule has 6 nitrogen and oxygen atoms in total. The van der Waals surface area contributed by atoms with Crippen LogP contribution in [-0.4, -0.2) is 35.7 Å². The van der Waals surface area contributed by atoms with E-state index in [9.17, 15) is 4.79 Å². The van der Waals surface area contributed by atoms with Crippen molar-refractivity contribution in [3.8, 4) is 0 Å². The lowest BCUT2D eigenvalue weighted by atomic mass is 10.0. The SMILES string of the molecule is Cc1noc(CCNC(=O)C2CNC2)n1. The molecule has 1 saturated heterocycles. The molecule has 0 radical (unpaired) electrons. The van der Waals surface area contributed by atoms with E-state index in [0.717, 1.165) is 13.1 Å². The highest BCUT2D eigenvalue weighted by Gasteiger charge is 2.24. The van der Waals surface area contributed by atoms with Crippen LogP contribution in [0, 0.1) is 12.8 Å². The molecule has 1 amide bonds. The maximum absolute atomic E-state index is 11.4. The van der Waals surface area contributed by atoms with Crippen LogP contribution in [0.1, 0.15) is 11.7 Å². The second-order valence-corrected chi connectivity index (χ2v) is 3.63. The van der Waals surface area contributed by atoms with E-state index < -0.39 is 0 Å². The van der Waals surface area contributed by atoms with Crippen LogP contribution in [0.3, 0.4) is 0 Å². The van der Waals surface area contributed by atoms with E-state index in [1.807, 2.05) is 0 Å². The Labute approximate surface area is 87.4 Å². The van der Waals surface area contributed by atoms with Gasteiger partial charge in [-0.05, 0) is 6.92 Å². The third-order valence-electron chi connectivity index (χ3n) is 2.36. The Morgan fingerprint density at radius 3 is 3.00 bits per heavy atom. The second kappa shape index (κ2) is 4.39. The number of hydrogen-bond acceptors (Lipinski definition) is 5. The Balaban J connectivity index is 1.68. The molecule has 1 fully saturated rings. The number of nitrogens with one attached hydrogen (secondary N) is 2. The molecular weight excluding hydrogens is 196 g/mol. The van der Waals surface area contributed by atoms with E-state index in [1.54, 1.807) is 6.92 Å². The fourth-order valence-corrected chi connectivity index (χ4v) is 1.35. The van der Waals surface area contributed by atoms with E-state index in [4.69, 9.17) is 4.52 Å². The average molecular weight is 210 g/mol. The van der Waals surface area contributed by atoms with Crippen LogP contribution in [0.2, 0.25) is 0 Å². The normalized spacial score (nSPS) is 16.1. The number of nitrogens with zero attached hydrogens (tertiary/aromatic N) is 2. The minimum absolute atomic E-state index is 0.102. The Morgan fingerprint density at radius 1 is 1.67 bits per heavy atom. The Morgan fingerprint density at radius 2 is 2.47 bits per heavy atom. The monoisotopic (exact) mass is 210 g/mol. The van der Waals surface area contributed by atoms with Crippen molar-refractivity contribution in [2.45, 2.75) is 13.3 Å². The third kappa shape index (κ3) is 2.53. The van der Waals surface area contributed by atoms with Gasteiger partial charge in [-0.3, -0.25) is 4.79 Å². The molecule has 1 aliphatic rings. The largest absolute Gasteiger partial charge is 0.355 e. The molecule has 1 aliphatic heterocycles. The summed E-state index contributed by atoms with van der Waals surface area (Å²) in [5.74, 6) is 1.43. The Kier molecular flexibility index (Phi) is 2.96. The molecule has 2 N–H and O–H groups in total. The van der Waals surface area contributed by atoms with E-state index in [2.05, 4.69) is 20.8 Å². The minimum atomic E-state index is 0.102. The fraction of sp³-hybridized carbons (Fsp3) is 0.667. The Hall–Kier alpha value is -1.43. The van der Waals surface area contributed by atoms with Crippen molar-refractivity contribution in [1.29, 1.82) is 0 Å². The molecule has 82 valence electrons. The molecule has 0 aliphatic carbocycles. The molecular formula is C9H14N4O2. The molecule has 0 saturated carbocycles. The van der Waals surface area contributed by atoms with Crippen LogP contribution >= 0.6 is 0 Å². The van der Waals surface area contributed by atoms with Gasteiger partial charge < -0.3 is 15.2 Å². The number of amides is 1. The quantitative estimate of drug-likeness (QED) is 0.684. The van der Waals surface area contributed by atoms with Crippen LogP contribution in [-0.2, 0) is 11.2 Å². The van der Waals surface area contributed by atoms with Gasteiger partial charge in [0, 0.05) is 26.1 Å². The summed E-state index contributed by atoms with van der Waals surface area (Å²) in [6, 6.07) is 0. The molecule has 0 aromatic carbocycles. The highest BCUT2D eigenvalue weighted by atomic mass is 16.5. The van der Waals surface area contributed by atoms with Crippen LogP contribution in [0.25, 0.3) is 0 Å². The lowest BCUT2D eigenvalue weighted by Gasteiger charge is -2.25. The summed E-state index contributed by atoms with van der Waals surface area (Å²) in [7, 11) is 0. The van der Waals surface area contributed by atoms with Crippen LogP contribution < -0.4 is 10.6 Å². The van der Waals surface area contributed by atoms with E-state index in [1.165, 1.54) is 0 Å². The van der Waals surface area contributed by atoms with Gasteiger partial charge in [0.15, 0.2) is 5.82 Å². The number of aryl methyl sites for hydroxylation is 1. The maximum atomic E-state index is 11.4. The predicted molar refractivity (Wildman–Crippen MR) is 52.1 cm³/mol. The van der Waals surface area contributed by atoms with Crippen molar-refractivity contribution in [3.63, 3.8) is 0 Å². The van der Waals surface area contributed by atoms with E-state index in [0.29, 0.717) is 24.7 Å². The molecule has 0 unspecified atom stereocenters. The van der Waals surface area contributed by atoms with Crippen molar-refractivity contribution >= 4 is 5.91 Å². The lowest BCUT2D eigenvalue weighted by Crippen LogP contribution is -2.51. The number of hydrogen-bond donors (Lipinski definition) is 2. The zero-order valence-electron chi connectivity index (χ0n) is 8.62. The number of rotatable bonds is 4. The van der Waals surface area contributed by atoms with Gasteiger partial charge in [0.05, 0.1) is 5.92 Å². The standard InChI is InChI=1S/C9H14N4O2/c1-6-12-8(15-13-6)2-3-11-9(14)7-4-10-5-7/h7,10H,2-5H2,1H3,(H,11,14). The zero-order valence-corrected chi connectivity index (χ0v) is 8.62. The van der Waals surface area contributed by atoms with Crippen molar-refractivity contribution in [1.82, 2.24) is 20.8 Å². The van der Waals surface area contributed by atoms with Crippen molar-refractivity contribution in [3.05, 3.63) is 11.7 Å². The molecule has 2 heterocycles. The highest BCUT2D eigenvalue weighted by molar-refractivity contribution is 5.79. The number of carbonyl (C=O) groups excluding carboxylic acids is 1. The first-order chi connectivity index (χ1) is 7.25. The summed E-state index contributed by atoms with van der Waals surface area (Å²) >= 11 is 0. The molecule has 0 bridgehead atoms. The summed E-state index contributed by atoms with van der Waals surface area (Å²) in [5, 5.41) is 9.56. The van der Waals surface area contributed by atoms with Crippen LogP contribution in [0.4, 0.5) is 0 Å². The molecule has 15 heavy (non-hydrogen) atoms. The van der Waals surface area contributed by atoms with Gasteiger partial charge >= 0.3 is 0 Å². The van der Waals surface area contributed by atoms with Gasteiger partial charge in [0.1, 0.15) is 0 Å². The van der Waals surface area contributed by atoms with Gasteiger partial charge in [-0.2, -0.15) is 4.98 Å². The zero-order chi connectivity index (χ0) is 10.7. The first kappa shape index (κ1) is 10.1. The fourth-order valence-electron chi connectivity index (χ4n) is 1.35. The van der Waals surface area contributed by atoms with Crippen molar-refractivity contribution in [2.75, 3.05) is 19.6 Å². The predicted octanol–water partition coefficient (Wildman–Crippen LogP) is -0.744. The Bertz CT molecular complexity index is 346. The van der Waals surface area contributed by atoms with Crippen LogP contribution in [0.5, 0.6) is 0 Å². The van der Waals surface area contributed by atoms with Crippen molar-refractivity contribution in [2.24, 2.45) is 5.92 Å². The van der Waals surface area contributed by atoms with Gasteiger partial charge in [0.2, 0.25) is 11.8 Å². The maximum Gasteiger partial charge on any atom is 0.228 e. The highest BCUT2D eigenvalue weighted by Crippen LogP contribution is 2.02. The molecule has 1 aromatic rings. The minimum Gasteiger partial charge on any atom is -0.355 e. The summed E-state index contributed by atoms with van der Waals surface area (Å²) < 4.78 is 4.92. The molecule has 0 atom stereocenters. The molecule has 0 spiro atoms. The smallest absolute Gasteiger partial charge is 0.228 e. The van der Waals surface area contributed by atoms with E-state index in [-0.39, 0.29) is 11.8 Å². The summed E-state index contributed by atoms with van der Waals surface area (Å²) in [6.07, 6.45) is 0.590. The van der Waals surface area contributed by atoms with Gasteiger partial charge in [-0.25, -0.2) is 0 Å².